The number of carbonyl (C=O) groups excluding carboxylic acids is 1. The molecule has 1 amide bonds. The molecular formula is C18H20N4O3S. The standard InChI is InChI=1S/C18H20N4O3S/c1-10-5-13(25-21-10)6-12-8-22(9-16(12)23)18(24)15-7-14(19-20-15)17-4-3-11(2)26-17/h3-5,7,12,16,23H,6,8-9H2,1-2H3,(H,19,20)/t12-,16+/m1/s1. The van der Waals surface area contributed by atoms with Crippen LogP contribution in [0.3, 0.4) is 0 Å². The molecule has 26 heavy (non-hydrogen) atoms. The van der Waals surface area contributed by atoms with Crippen LogP contribution in [-0.4, -0.2) is 50.5 Å². The van der Waals surface area contributed by atoms with Crippen LogP contribution in [0.1, 0.15) is 26.8 Å². The summed E-state index contributed by atoms with van der Waals surface area (Å²) in [5.41, 5.74) is 2.02. The van der Waals surface area contributed by atoms with Crippen molar-refractivity contribution in [2.45, 2.75) is 26.4 Å². The van der Waals surface area contributed by atoms with Crippen molar-refractivity contribution < 1.29 is 14.4 Å². The van der Waals surface area contributed by atoms with Gasteiger partial charge in [0.1, 0.15) is 5.76 Å². The summed E-state index contributed by atoms with van der Waals surface area (Å²) in [6.45, 7) is 4.67. The van der Waals surface area contributed by atoms with Crippen LogP contribution >= 0.6 is 11.3 Å². The average molecular weight is 372 g/mol. The van der Waals surface area contributed by atoms with Crippen molar-refractivity contribution in [2.75, 3.05) is 13.1 Å². The second-order valence-electron chi connectivity index (χ2n) is 6.75. The molecule has 0 spiro atoms. The Morgan fingerprint density at radius 3 is 2.92 bits per heavy atom. The van der Waals surface area contributed by atoms with E-state index in [-0.39, 0.29) is 11.8 Å². The van der Waals surface area contributed by atoms with Crippen molar-refractivity contribution >= 4 is 17.2 Å². The molecule has 1 aliphatic heterocycles. The van der Waals surface area contributed by atoms with Crippen molar-refractivity contribution in [1.29, 1.82) is 0 Å². The van der Waals surface area contributed by atoms with E-state index in [1.807, 2.05) is 32.0 Å². The lowest BCUT2D eigenvalue weighted by atomic mass is 10.0. The molecule has 4 heterocycles. The number of amides is 1. The molecule has 0 bridgehead atoms. The molecule has 0 unspecified atom stereocenters. The van der Waals surface area contributed by atoms with E-state index in [0.29, 0.717) is 25.2 Å². The van der Waals surface area contributed by atoms with Gasteiger partial charge in [0.25, 0.3) is 5.91 Å². The number of rotatable bonds is 4. The van der Waals surface area contributed by atoms with Gasteiger partial charge in [0.05, 0.1) is 22.4 Å². The van der Waals surface area contributed by atoms with Gasteiger partial charge in [-0.3, -0.25) is 9.89 Å². The van der Waals surface area contributed by atoms with Gasteiger partial charge >= 0.3 is 0 Å². The van der Waals surface area contributed by atoms with Crippen LogP contribution in [0.2, 0.25) is 0 Å². The highest BCUT2D eigenvalue weighted by Gasteiger charge is 2.35. The number of nitrogens with one attached hydrogen (secondary N) is 1. The number of hydrogen-bond acceptors (Lipinski definition) is 6. The van der Waals surface area contributed by atoms with E-state index in [1.54, 1.807) is 22.3 Å². The lowest BCUT2D eigenvalue weighted by Crippen LogP contribution is -2.29. The Morgan fingerprint density at radius 1 is 1.38 bits per heavy atom. The van der Waals surface area contributed by atoms with Gasteiger partial charge in [-0.25, -0.2) is 0 Å². The van der Waals surface area contributed by atoms with Crippen LogP contribution in [0.5, 0.6) is 0 Å². The fraction of sp³-hybridized carbons (Fsp3) is 0.389. The van der Waals surface area contributed by atoms with Crippen molar-refractivity contribution in [3.05, 3.63) is 46.3 Å². The lowest BCUT2D eigenvalue weighted by molar-refractivity contribution is 0.0759. The maximum atomic E-state index is 12.7. The number of aromatic nitrogens is 3. The molecule has 1 saturated heterocycles. The minimum atomic E-state index is -0.581. The predicted octanol–water partition coefficient (Wildman–Crippen LogP) is 2.42. The van der Waals surface area contributed by atoms with Crippen LogP contribution in [-0.2, 0) is 6.42 Å². The number of aliphatic hydroxyl groups is 1. The number of nitrogens with zero attached hydrogens (tertiary/aromatic N) is 3. The number of H-pyrrole nitrogens is 1. The summed E-state index contributed by atoms with van der Waals surface area (Å²) in [5, 5.41) is 21.3. The number of aryl methyl sites for hydroxylation is 2. The molecule has 3 aromatic rings. The summed E-state index contributed by atoms with van der Waals surface area (Å²) >= 11 is 1.65. The Bertz CT molecular complexity index is 928. The minimum absolute atomic E-state index is 0.0651. The molecule has 1 aliphatic rings. The largest absolute Gasteiger partial charge is 0.391 e. The second kappa shape index (κ2) is 6.69. The molecule has 3 aromatic heterocycles. The van der Waals surface area contributed by atoms with E-state index < -0.39 is 6.10 Å². The van der Waals surface area contributed by atoms with E-state index in [9.17, 15) is 9.90 Å². The van der Waals surface area contributed by atoms with Crippen LogP contribution in [0.15, 0.2) is 28.8 Å². The molecule has 4 rings (SSSR count). The Hall–Kier alpha value is -2.45. The Labute approximate surface area is 154 Å². The maximum Gasteiger partial charge on any atom is 0.274 e. The lowest BCUT2D eigenvalue weighted by Gasteiger charge is -2.14. The Balaban J connectivity index is 1.44. The number of carbonyl (C=O) groups is 1. The Kier molecular flexibility index (Phi) is 4.37. The van der Waals surface area contributed by atoms with Gasteiger partial charge < -0.3 is 14.5 Å². The van der Waals surface area contributed by atoms with E-state index >= 15 is 0 Å². The van der Waals surface area contributed by atoms with Crippen LogP contribution in [0.25, 0.3) is 10.6 Å². The first-order valence-corrected chi connectivity index (χ1v) is 9.33. The highest BCUT2D eigenvalue weighted by molar-refractivity contribution is 7.15. The smallest absolute Gasteiger partial charge is 0.274 e. The first kappa shape index (κ1) is 17.0. The second-order valence-corrected chi connectivity index (χ2v) is 8.04. The van der Waals surface area contributed by atoms with Crippen LogP contribution < -0.4 is 0 Å². The van der Waals surface area contributed by atoms with E-state index in [2.05, 4.69) is 15.4 Å². The van der Waals surface area contributed by atoms with Crippen molar-refractivity contribution in [3.63, 3.8) is 0 Å². The van der Waals surface area contributed by atoms with Crippen molar-refractivity contribution in [2.24, 2.45) is 5.92 Å². The summed E-state index contributed by atoms with van der Waals surface area (Å²) < 4.78 is 5.23. The monoisotopic (exact) mass is 372 g/mol. The van der Waals surface area contributed by atoms with Gasteiger partial charge in [-0.1, -0.05) is 5.16 Å². The molecule has 0 radical (unpaired) electrons. The molecular weight excluding hydrogens is 352 g/mol. The van der Waals surface area contributed by atoms with Gasteiger partial charge in [0, 0.05) is 36.4 Å². The van der Waals surface area contributed by atoms with Crippen LogP contribution in [0, 0.1) is 19.8 Å². The highest BCUT2D eigenvalue weighted by atomic mass is 32.1. The SMILES string of the molecule is Cc1cc(C[C@@H]2CN(C(=O)c3cc(-c4ccc(C)s4)[nH]n3)C[C@@H]2O)on1. The summed E-state index contributed by atoms with van der Waals surface area (Å²) in [6.07, 6.45) is -0.0192. The summed E-state index contributed by atoms with van der Waals surface area (Å²) in [6, 6.07) is 7.68. The van der Waals surface area contributed by atoms with Gasteiger partial charge in [0.15, 0.2) is 5.69 Å². The third-order valence-corrected chi connectivity index (χ3v) is 5.67. The van der Waals surface area contributed by atoms with Crippen molar-refractivity contribution in [1.82, 2.24) is 20.3 Å². The molecule has 7 nitrogen and oxygen atoms in total. The van der Waals surface area contributed by atoms with Gasteiger partial charge in [-0.2, -0.15) is 5.10 Å². The third kappa shape index (κ3) is 3.30. The van der Waals surface area contributed by atoms with Gasteiger partial charge in [0.2, 0.25) is 0 Å². The minimum Gasteiger partial charge on any atom is -0.391 e. The maximum absolute atomic E-state index is 12.7. The fourth-order valence-corrected chi connectivity index (χ4v) is 4.12. The predicted molar refractivity (Wildman–Crippen MR) is 97.0 cm³/mol. The zero-order valence-electron chi connectivity index (χ0n) is 14.6. The van der Waals surface area contributed by atoms with Crippen molar-refractivity contribution in [3.8, 4) is 10.6 Å². The molecule has 0 saturated carbocycles. The van der Waals surface area contributed by atoms with Crippen LogP contribution in [0.4, 0.5) is 0 Å². The molecule has 0 aliphatic carbocycles. The van der Waals surface area contributed by atoms with E-state index in [4.69, 9.17) is 4.52 Å². The topological polar surface area (TPSA) is 95.2 Å². The molecule has 0 aromatic carbocycles. The number of thiophene rings is 1. The summed E-state index contributed by atoms with van der Waals surface area (Å²) in [4.78, 5) is 16.6. The van der Waals surface area contributed by atoms with Gasteiger partial charge in [-0.05, 0) is 32.0 Å². The number of aromatic amines is 1. The zero-order chi connectivity index (χ0) is 18.3. The number of aliphatic hydroxyl groups excluding tert-OH is 1. The summed E-state index contributed by atoms with van der Waals surface area (Å²) in [7, 11) is 0. The highest BCUT2D eigenvalue weighted by Crippen LogP contribution is 2.28. The number of β-amino-alcohol motifs (C(OH)–C–C–N with tert-alkyl or cyclic N) is 1. The average Bonchev–Trinajstić information content (AvgIpc) is 3.36. The molecule has 1 fully saturated rings. The number of likely N-dealkylation sites (tertiary alicyclic amines) is 1. The zero-order valence-corrected chi connectivity index (χ0v) is 15.4. The van der Waals surface area contributed by atoms with E-state index in [0.717, 1.165) is 22.0 Å². The molecule has 8 heteroatoms. The molecule has 2 atom stereocenters. The fourth-order valence-electron chi connectivity index (χ4n) is 3.29. The first-order valence-electron chi connectivity index (χ1n) is 8.51. The normalized spacial score (nSPS) is 20.0. The quantitative estimate of drug-likeness (QED) is 0.733. The molecule has 2 N–H and O–H groups in total. The number of hydrogen-bond donors (Lipinski definition) is 2. The third-order valence-electron chi connectivity index (χ3n) is 4.64. The summed E-state index contributed by atoms with van der Waals surface area (Å²) in [5.74, 6) is 0.497. The molecule has 136 valence electrons. The van der Waals surface area contributed by atoms with E-state index in [1.165, 1.54) is 4.88 Å². The van der Waals surface area contributed by atoms with Gasteiger partial charge in [-0.15, -0.1) is 11.3 Å². The first-order chi connectivity index (χ1) is 12.5. The Morgan fingerprint density at radius 2 is 2.23 bits per heavy atom.